The van der Waals surface area contributed by atoms with E-state index in [0.717, 1.165) is 23.3 Å². The molecular formula is C25H26O7. The lowest BCUT2D eigenvalue weighted by atomic mass is 10.1. The van der Waals surface area contributed by atoms with Crippen molar-refractivity contribution in [1.29, 1.82) is 0 Å². The van der Waals surface area contributed by atoms with Gasteiger partial charge < -0.3 is 18.9 Å². The molecule has 2 rings (SSSR count). The largest absolute Gasteiger partial charge is 0.519 e. The third kappa shape index (κ3) is 7.12. The van der Waals surface area contributed by atoms with Crippen molar-refractivity contribution < 1.29 is 33.3 Å². The van der Waals surface area contributed by atoms with Gasteiger partial charge in [-0.25, -0.2) is 14.4 Å². The summed E-state index contributed by atoms with van der Waals surface area (Å²) in [6.45, 7) is 10.6. The van der Waals surface area contributed by atoms with Crippen molar-refractivity contribution in [2.75, 3.05) is 0 Å². The van der Waals surface area contributed by atoms with E-state index in [0.29, 0.717) is 12.8 Å². The fraction of sp³-hybridized carbons (Fsp3) is 0.240. The third-order valence-corrected chi connectivity index (χ3v) is 4.50. The maximum Gasteiger partial charge on any atom is 0.519 e. The number of benzene rings is 2. The number of esters is 2. The molecule has 0 aliphatic heterocycles. The number of hydrogen-bond acceptors (Lipinski definition) is 7. The van der Waals surface area contributed by atoms with Crippen molar-refractivity contribution in [1.82, 2.24) is 0 Å². The SMILES string of the molecule is C=CC(=O)OC(CC)c1ccc(OC(=O)Oc2ccc(C(CC)OC(=O)C=C)cc2)cc1. The van der Waals surface area contributed by atoms with Crippen molar-refractivity contribution in [3.05, 3.63) is 85.0 Å². The lowest BCUT2D eigenvalue weighted by Crippen LogP contribution is -2.14. The predicted octanol–water partition coefficient (Wildman–Crippen LogP) is 5.63. The molecule has 0 aliphatic carbocycles. The van der Waals surface area contributed by atoms with Crippen LogP contribution in [0.15, 0.2) is 73.8 Å². The minimum atomic E-state index is -0.902. The van der Waals surface area contributed by atoms with Crippen molar-refractivity contribution in [3.8, 4) is 11.5 Å². The molecule has 2 aromatic rings. The molecule has 0 heterocycles. The molecule has 0 aliphatic rings. The van der Waals surface area contributed by atoms with E-state index in [9.17, 15) is 14.4 Å². The molecule has 0 bridgehead atoms. The second kappa shape index (κ2) is 12.1. The first-order valence-electron chi connectivity index (χ1n) is 10.2. The van der Waals surface area contributed by atoms with E-state index in [1.165, 1.54) is 0 Å². The Kier molecular flexibility index (Phi) is 9.22. The number of carbonyl (C=O) groups is 3. The van der Waals surface area contributed by atoms with Crippen LogP contribution in [0.5, 0.6) is 11.5 Å². The van der Waals surface area contributed by atoms with Crippen LogP contribution in [0.1, 0.15) is 50.0 Å². The van der Waals surface area contributed by atoms with Crippen molar-refractivity contribution >= 4 is 18.1 Å². The van der Waals surface area contributed by atoms with Gasteiger partial charge in [0, 0.05) is 12.2 Å². The second-order valence-corrected chi connectivity index (χ2v) is 6.67. The minimum Gasteiger partial charge on any atom is -0.454 e. The molecule has 0 spiro atoms. The van der Waals surface area contributed by atoms with Gasteiger partial charge in [0.15, 0.2) is 0 Å². The average Bonchev–Trinajstić information content (AvgIpc) is 2.81. The van der Waals surface area contributed by atoms with Crippen LogP contribution in [0.2, 0.25) is 0 Å². The molecule has 0 aromatic heterocycles. The third-order valence-electron chi connectivity index (χ3n) is 4.50. The first-order valence-corrected chi connectivity index (χ1v) is 10.2. The Morgan fingerprint density at radius 2 is 1.06 bits per heavy atom. The quantitative estimate of drug-likeness (QED) is 0.270. The molecule has 2 unspecified atom stereocenters. The van der Waals surface area contributed by atoms with E-state index in [2.05, 4.69) is 13.2 Å². The average molecular weight is 438 g/mol. The second-order valence-electron chi connectivity index (χ2n) is 6.67. The van der Waals surface area contributed by atoms with Gasteiger partial charge >= 0.3 is 18.1 Å². The molecular weight excluding hydrogens is 412 g/mol. The van der Waals surface area contributed by atoms with Gasteiger partial charge in [-0.05, 0) is 48.2 Å². The Morgan fingerprint density at radius 1 is 0.719 bits per heavy atom. The number of ether oxygens (including phenoxy) is 4. The van der Waals surface area contributed by atoms with Gasteiger partial charge in [-0.2, -0.15) is 0 Å². The number of rotatable bonds is 10. The molecule has 0 radical (unpaired) electrons. The lowest BCUT2D eigenvalue weighted by molar-refractivity contribution is -0.144. The molecule has 32 heavy (non-hydrogen) atoms. The Morgan fingerprint density at radius 3 is 1.34 bits per heavy atom. The summed E-state index contributed by atoms with van der Waals surface area (Å²) in [5.74, 6) is -0.447. The van der Waals surface area contributed by atoms with E-state index in [1.807, 2.05) is 13.8 Å². The van der Waals surface area contributed by atoms with Gasteiger partial charge in [-0.15, -0.1) is 0 Å². The van der Waals surface area contributed by atoms with Gasteiger partial charge in [0.1, 0.15) is 23.7 Å². The van der Waals surface area contributed by atoms with Crippen molar-refractivity contribution in [2.24, 2.45) is 0 Å². The molecule has 0 saturated heterocycles. The van der Waals surface area contributed by atoms with E-state index < -0.39 is 30.3 Å². The lowest BCUT2D eigenvalue weighted by Gasteiger charge is -2.16. The highest BCUT2D eigenvalue weighted by Gasteiger charge is 2.16. The summed E-state index contributed by atoms with van der Waals surface area (Å²) in [5.41, 5.74) is 1.53. The maximum absolute atomic E-state index is 12.1. The highest BCUT2D eigenvalue weighted by molar-refractivity contribution is 5.81. The van der Waals surface area contributed by atoms with E-state index in [4.69, 9.17) is 18.9 Å². The topological polar surface area (TPSA) is 88.1 Å². The van der Waals surface area contributed by atoms with Crippen LogP contribution in [0, 0.1) is 0 Å². The first-order chi connectivity index (χ1) is 15.4. The standard InChI is InChI=1S/C25H26O7/c1-5-21(31-23(26)7-3)17-9-13-19(14-10-17)29-25(28)30-20-15-11-18(12-16-20)22(6-2)32-24(27)8-4/h7-16,21-22H,3-6H2,1-2H3. The summed E-state index contributed by atoms with van der Waals surface area (Å²) in [6.07, 6.45) is 1.65. The molecule has 7 nitrogen and oxygen atoms in total. The van der Waals surface area contributed by atoms with Crippen molar-refractivity contribution in [2.45, 2.75) is 38.9 Å². The minimum absolute atomic E-state index is 0.280. The normalized spacial score (nSPS) is 12.1. The maximum atomic E-state index is 12.1. The molecule has 7 heteroatoms. The van der Waals surface area contributed by atoms with E-state index in [1.54, 1.807) is 48.5 Å². The zero-order valence-corrected chi connectivity index (χ0v) is 18.1. The molecule has 2 atom stereocenters. The van der Waals surface area contributed by atoms with Gasteiger partial charge in [-0.3, -0.25) is 0 Å². The van der Waals surface area contributed by atoms with Crippen LogP contribution >= 0.6 is 0 Å². The molecule has 0 N–H and O–H groups in total. The summed E-state index contributed by atoms with van der Waals surface area (Å²) >= 11 is 0. The highest BCUT2D eigenvalue weighted by Crippen LogP contribution is 2.26. The fourth-order valence-corrected chi connectivity index (χ4v) is 2.87. The highest BCUT2D eigenvalue weighted by atomic mass is 16.7. The zero-order chi connectivity index (χ0) is 23.5. The number of carbonyl (C=O) groups excluding carboxylic acids is 3. The summed E-state index contributed by atoms with van der Waals surface area (Å²) in [5, 5.41) is 0. The van der Waals surface area contributed by atoms with E-state index >= 15 is 0 Å². The number of hydrogen-bond donors (Lipinski definition) is 0. The Hall–Kier alpha value is -3.87. The molecule has 0 saturated carbocycles. The Balaban J connectivity index is 1.95. The van der Waals surface area contributed by atoms with Gasteiger partial charge in [0.05, 0.1) is 0 Å². The molecule has 168 valence electrons. The molecule has 0 amide bonds. The first kappa shape index (κ1) is 24.4. The summed E-state index contributed by atoms with van der Waals surface area (Å²) < 4.78 is 20.9. The predicted molar refractivity (Wildman–Crippen MR) is 118 cm³/mol. The monoisotopic (exact) mass is 438 g/mol. The van der Waals surface area contributed by atoms with Crippen LogP contribution < -0.4 is 9.47 Å². The summed E-state index contributed by atoms with van der Waals surface area (Å²) in [4.78, 5) is 34.9. The summed E-state index contributed by atoms with van der Waals surface area (Å²) in [7, 11) is 0. The van der Waals surface area contributed by atoms with Gasteiger partial charge in [-0.1, -0.05) is 51.3 Å². The van der Waals surface area contributed by atoms with Crippen LogP contribution in [-0.4, -0.2) is 18.1 Å². The van der Waals surface area contributed by atoms with Gasteiger partial charge in [0.25, 0.3) is 0 Å². The smallest absolute Gasteiger partial charge is 0.454 e. The van der Waals surface area contributed by atoms with Gasteiger partial charge in [0.2, 0.25) is 0 Å². The van der Waals surface area contributed by atoms with Crippen molar-refractivity contribution in [3.63, 3.8) is 0 Å². The van der Waals surface area contributed by atoms with E-state index in [-0.39, 0.29) is 11.5 Å². The molecule has 0 fully saturated rings. The zero-order valence-electron chi connectivity index (χ0n) is 18.1. The Bertz CT molecular complexity index is 868. The fourth-order valence-electron chi connectivity index (χ4n) is 2.87. The van der Waals surface area contributed by atoms with Crippen LogP contribution in [0.3, 0.4) is 0 Å². The summed E-state index contributed by atoms with van der Waals surface area (Å²) in [6, 6.07) is 13.2. The van der Waals surface area contributed by atoms with Crippen LogP contribution in [0.25, 0.3) is 0 Å². The van der Waals surface area contributed by atoms with Crippen LogP contribution in [-0.2, 0) is 19.1 Å². The molecule has 2 aromatic carbocycles. The van der Waals surface area contributed by atoms with Crippen LogP contribution in [0.4, 0.5) is 4.79 Å². The Labute approximate surface area is 187 Å².